The lowest BCUT2D eigenvalue weighted by molar-refractivity contribution is -0.121. The van der Waals surface area contributed by atoms with Crippen molar-refractivity contribution in [3.8, 4) is 0 Å². The van der Waals surface area contributed by atoms with Gasteiger partial charge in [0.2, 0.25) is 0 Å². The number of carbonyl (C=O) groups excluding carboxylic acids is 1. The van der Waals surface area contributed by atoms with Gasteiger partial charge in [-0.15, -0.1) is 0 Å². The van der Waals surface area contributed by atoms with E-state index in [4.69, 9.17) is 23.2 Å². The van der Waals surface area contributed by atoms with Gasteiger partial charge in [0.15, 0.2) is 4.84 Å². The fourth-order valence-electron chi connectivity index (χ4n) is 1.37. The maximum Gasteiger partial charge on any atom is 0.253 e. The zero-order valence-corrected chi connectivity index (χ0v) is 11.7. The molecule has 1 amide bonds. The number of amides is 1. The van der Waals surface area contributed by atoms with Gasteiger partial charge in [0.1, 0.15) is 0 Å². The summed E-state index contributed by atoms with van der Waals surface area (Å²) in [6.45, 7) is 6.71. The first-order valence-corrected chi connectivity index (χ1v) is 6.24. The van der Waals surface area contributed by atoms with E-state index in [1.165, 1.54) is 0 Å². The normalized spacial score (nSPS) is 13.8. The number of halogens is 2. The minimum absolute atomic E-state index is 0.0881. The van der Waals surface area contributed by atoms with Crippen LogP contribution in [0.15, 0.2) is 18.5 Å². The third kappa shape index (κ3) is 4.56. The molecule has 1 N–H and O–H groups in total. The highest BCUT2D eigenvalue weighted by Crippen LogP contribution is 2.21. The van der Waals surface area contributed by atoms with Crippen molar-refractivity contribution in [1.29, 1.82) is 0 Å². The van der Waals surface area contributed by atoms with Crippen LogP contribution in [0.5, 0.6) is 0 Å². The van der Waals surface area contributed by atoms with Crippen LogP contribution in [0, 0.1) is 5.41 Å². The molecule has 1 atom stereocenters. The van der Waals surface area contributed by atoms with Crippen LogP contribution in [-0.4, -0.2) is 26.6 Å². The molecule has 0 spiro atoms. The van der Waals surface area contributed by atoms with Gasteiger partial charge in [-0.3, -0.25) is 9.48 Å². The second-order valence-corrected chi connectivity index (χ2v) is 6.05. The molecular formula is C11H17Cl2N3O. The summed E-state index contributed by atoms with van der Waals surface area (Å²) in [4.78, 5) is 10.5. The van der Waals surface area contributed by atoms with Gasteiger partial charge in [0.25, 0.3) is 5.91 Å². The highest BCUT2D eigenvalue weighted by Gasteiger charge is 2.28. The summed E-state index contributed by atoms with van der Waals surface area (Å²) >= 11 is 11.1. The quantitative estimate of drug-likeness (QED) is 0.858. The van der Waals surface area contributed by atoms with Crippen LogP contribution in [0.2, 0.25) is 0 Å². The molecule has 0 aliphatic carbocycles. The maximum absolute atomic E-state index is 11.5. The van der Waals surface area contributed by atoms with Crippen LogP contribution in [-0.2, 0) is 11.3 Å². The summed E-state index contributed by atoms with van der Waals surface area (Å²) in [6.07, 6.45) is 3.55. The van der Waals surface area contributed by atoms with Crippen LogP contribution in [0.25, 0.3) is 0 Å². The molecule has 6 heteroatoms. The predicted octanol–water partition coefficient (Wildman–Crippen LogP) is 2.22. The van der Waals surface area contributed by atoms with E-state index in [0.717, 1.165) is 0 Å². The Bertz CT molecular complexity index is 357. The van der Waals surface area contributed by atoms with Gasteiger partial charge in [-0.25, -0.2) is 0 Å². The van der Waals surface area contributed by atoms with E-state index in [2.05, 4.69) is 10.4 Å². The molecule has 0 bridgehead atoms. The van der Waals surface area contributed by atoms with Crippen LogP contribution in [0.3, 0.4) is 0 Å². The number of aromatic nitrogens is 2. The molecule has 0 aliphatic rings. The standard InChI is InChI=1S/C11H17Cl2N3O/c1-11(2,3)8(15-10(17)9(12)13)7-16-6-4-5-14-16/h4-6,8-9H,7H2,1-3H3,(H,15,17)/t8-/m0/s1. The van der Waals surface area contributed by atoms with Gasteiger partial charge in [-0.2, -0.15) is 5.10 Å². The minimum atomic E-state index is -1.04. The molecule has 0 aromatic carbocycles. The second kappa shape index (κ2) is 5.74. The fraction of sp³-hybridized carbons (Fsp3) is 0.636. The van der Waals surface area contributed by atoms with Gasteiger partial charge in [-0.05, 0) is 11.5 Å². The molecule has 0 saturated carbocycles. The van der Waals surface area contributed by atoms with E-state index < -0.39 is 4.84 Å². The molecule has 0 fully saturated rings. The molecule has 0 saturated heterocycles. The molecule has 96 valence electrons. The number of rotatable bonds is 4. The van der Waals surface area contributed by atoms with E-state index in [9.17, 15) is 4.79 Å². The average Bonchev–Trinajstić information content (AvgIpc) is 2.67. The molecule has 0 radical (unpaired) electrons. The highest BCUT2D eigenvalue weighted by molar-refractivity contribution is 6.53. The lowest BCUT2D eigenvalue weighted by Gasteiger charge is -2.31. The van der Waals surface area contributed by atoms with Crippen molar-refractivity contribution in [3.05, 3.63) is 18.5 Å². The number of nitrogens with one attached hydrogen (secondary N) is 1. The fourth-order valence-corrected chi connectivity index (χ4v) is 1.49. The predicted molar refractivity (Wildman–Crippen MR) is 69.1 cm³/mol. The van der Waals surface area contributed by atoms with Crippen LogP contribution in [0.4, 0.5) is 0 Å². The Hall–Kier alpha value is -0.740. The summed E-state index contributed by atoms with van der Waals surface area (Å²) < 4.78 is 1.77. The highest BCUT2D eigenvalue weighted by atomic mass is 35.5. The maximum atomic E-state index is 11.5. The molecule has 0 unspecified atom stereocenters. The van der Waals surface area contributed by atoms with Crippen molar-refractivity contribution < 1.29 is 4.79 Å². The van der Waals surface area contributed by atoms with E-state index >= 15 is 0 Å². The van der Waals surface area contributed by atoms with E-state index in [-0.39, 0.29) is 17.4 Å². The van der Waals surface area contributed by atoms with Crippen molar-refractivity contribution >= 4 is 29.1 Å². The second-order valence-electron chi connectivity index (χ2n) is 4.96. The molecule has 0 aliphatic heterocycles. The molecular weight excluding hydrogens is 261 g/mol. The van der Waals surface area contributed by atoms with Crippen LogP contribution < -0.4 is 5.32 Å². The number of hydrogen-bond acceptors (Lipinski definition) is 2. The minimum Gasteiger partial charge on any atom is -0.349 e. The first kappa shape index (κ1) is 14.3. The molecule has 1 heterocycles. The first-order valence-electron chi connectivity index (χ1n) is 5.36. The summed E-state index contributed by atoms with van der Waals surface area (Å²) in [7, 11) is 0. The summed E-state index contributed by atoms with van der Waals surface area (Å²) in [5.41, 5.74) is -0.107. The lowest BCUT2D eigenvalue weighted by atomic mass is 9.86. The largest absolute Gasteiger partial charge is 0.349 e. The SMILES string of the molecule is CC(C)(C)[C@H](Cn1cccn1)NC(=O)C(Cl)Cl. The van der Waals surface area contributed by atoms with Crippen molar-refractivity contribution in [2.45, 2.75) is 38.2 Å². The van der Waals surface area contributed by atoms with E-state index in [0.29, 0.717) is 6.54 Å². The monoisotopic (exact) mass is 277 g/mol. The number of hydrogen-bond donors (Lipinski definition) is 1. The number of alkyl halides is 2. The molecule has 1 aromatic heterocycles. The third-order valence-corrected chi connectivity index (χ3v) is 2.89. The average molecular weight is 278 g/mol. The lowest BCUT2D eigenvalue weighted by Crippen LogP contribution is -2.48. The van der Waals surface area contributed by atoms with Gasteiger partial charge >= 0.3 is 0 Å². The summed E-state index contributed by atoms with van der Waals surface area (Å²) in [5, 5.41) is 6.95. The van der Waals surface area contributed by atoms with E-state index in [1.807, 2.05) is 33.0 Å². The van der Waals surface area contributed by atoms with Gasteiger partial charge in [0.05, 0.1) is 12.6 Å². The van der Waals surface area contributed by atoms with Gasteiger partial charge in [0, 0.05) is 12.4 Å². The molecule has 1 aromatic rings. The van der Waals surface area contributed by atoms with Crippen molar-refractivity contribution in [2.24, 2.45) is 5.41 Å². The zero-order chi connectivity index (χ0) is 13.1. The Balaban J connectivity index is 2.72. The number of carbonyl (C=O) groups is 1. The van der Waals surface area contributed by atoms with Crippen LogP contribution >= 0.6 is 23.2 Å². The Morgan fingerprint density at radius 3 is 2.53 bits per heavy atom. The molecule has 4 nitrogen and oxygen atoms in total. The Labute approximate surface area is 111 Å². The first-order chi connectivity index (χ1) is 7.80. The van der Waals surface area contributed by atoms with Gasteiger partial charge in [-0.1, -0.05) is 44.0 Å². The Morgan fingerprint density at radius 2 is 2.12 bits per heavy atom. The zero-order valence-electron chi connectivity index (χ0n) is 10.2. The topological polar surface area (TPSA) is 46.9 Å². The molecule has 1 rings (SSSR count). The van der Waals surface area contributed by atoms with E-state index in [1.54, 1.807) is 10.9 Å². The summed E-state index contributed by atoms with van der Waals surface area (Å²) in [5.74, 6) is -0.375. The molecule has 17 heavy (non-hydrogen) atoms. The van der Waals surface area contributed by atoms with Crippen LogP contribution in [0.1, 0.15) is 20.8 Å². The third-order valence-electron chi connectivity index (χ3n) is 2.49. The Morgan fingerprint density at radius 1 is 1.47 bits per heavy atom. The Kier molecular flexibility index (Phi) is 4.83. The summed E-state index contributed by atoms with van der Waals surface area (Å²) in [6, 6.07) is 1.75. The van der Waals surface area contributed by atoms with Gasteiger partial charge < -0.3 is 5.32 Å². The van der Waals surface area contributed by atoms with Crippen molar-refractivity contribution in [2.75, 3.05) is 0 Å². The van der Waals surface area contributed by atoms with Crippen molar-refractivity contribution in [3.63, 3.8) is 0 Å². The van der Waals surface area contributed by atoms with Crippen molar-refractivity contribution in [1.82, 2.24) is 15.1 Å². The number of nitrogens with zero attached hydrogens (tertiary/aromatic N) is 2. The smallest absolute Gasteiger partial charge is 0.253 e.